The van der Waals surface area contributed by atoms with E-state index in [0.29, 0.717) is 5.92 Å². The fourth-order valence-corrected chi connectivity index (χ4v) is 2.82. The predicted molar refractivity (Wildman–Crippen MR) is 98.3 cm³/mol. The quantitative estimate of drug-likeness (QED) is 0.778. The van der Waals surface area contributed by atoms with Crippen LogP contribution in [0.5, 0.6) is 5.75 Å². The number of carbonyl (C=O) groups excluding carboxylic acids is 1. The van der Waals surface area contributed by atoms with Gasteiger partial charge < -0.3 is 10.1 Å². The number of carbonyl (C=O) groups is 1. The number of rotatable bonds is 5. The van der Waals surface area contributed by atoms with Crippen LogP contribution in [-0.2, 0) is 4.79 Å². The first-order valence-corrected chi connectivity index (χ1v) is 8.45. The van der Waals surface area contributed by atoms with Crippen LogP contribution in [0.1, 0.15) is 36.5 Å². The summed E-state index contributed by atoms with van der Waals surface area (Å²) in [6, 6.07) is 11.9. The Morgan fingerprint density at radius 1 is 1.17 bits per heavy atom. The summed E-state index contributed by atoms with van der Waals surface area (Å²) >= 11 is 3.41. The average molecular weight is 376 g/mol. The largest absolute Gasteiger partial charge is 0.483 e. The first kappa shape index (κ1) is 17.5. The van der Waals surface area contributed by atoms with Gasteiger partial charge in [0.2, 0.25) is 0 Å². The fourth-order valence-electron chi connectivity index (χ4n) is 2.34. The number of benzene rings is 2. The molecule has 0 fully saturated rings. The number of nitrogens with one attached hydrogen (secondary N) is 1. The van der Waals surface area contributed by atoms with Crippen LogP contribution in [0.4, 0.5) is 5.69 Å². The van der Waals surface area contributed by atoms with Gasteiger partial charge in [-0.3, -0.25) is 4.79 Å². The Labute approximate surface area is 146 Å². The van der Waals surface area contributed by atoms with Gasteiger partial charge in [0.1, 0.15) is 5.75 Å². The van der Waals surface area contributed by atoms with Gasteiger partial charge in [0.25, 0.3) is 5.91 Å². The summed E-state index contributed by atoms with van der Waals surface area (Å²) in [6.45, 7) is 8.20. The third kappa shape index (κ3) is 4.83. The smallest absolute Gasteiger partial charge is 0.262 e. The molecule has 1 N–H and O–H groups in total. The average Bonchev–Trinajstić information content (AvgIpc) is 2.48. The zero-order chi connectivity index (χ0) is 17.0. The van der Waals surface area contributed by atoms with Crippen LogP contribution in [0.15, 0.2) is 40.9 Å². The second-order valence-corrected chi connectivity index (χ2v) is 6.91. The highest BCUT2D eigenvalue weighted by Crippen LogP contribution is 2.27. The molecule has 0 heterocycles. The van der Waals surface area contributed by atoms with Crippen molar-refractivity contribution in [3.8, 4) is 5.75 Å². The molecule has 0 saturated heterocycles. The standard InChI is InChI=1S/C19H22BrNO2/c1-12(2)16-7-5-13(3)9-18(16)23-11-19(22)21-17-8-6-15(20)10-14(17)4/h5-10,12H,11H2,1-4H3,(H,21,22). The predicted octanol–water partition coefficient (Wildman–Crippen LogP) is 5.21. The first-order chi connectivity index (χ1) is 10.9. The van der Waals surface area contributed by atoms with Crippen LogP contribution in [0.2, 0.25) is 0 Å². The maximum absolute atomic E-state index is 12.1. The highest BCUT2D eigenvalue weighted by molar-refractivity contribution is 9.10. The molecule has 0 spiro atoms. The van der Waals surface area contributed by atoms with E-state index in [0.717, 1.165) is 32.6 Å². The summed E-state index contributed by atoms with van der Waals surface area (Å²) in [5.74, 6) is 0.969. The topological polar surface area (TPSA) is 38.3 Å². The molecule has 0 unspecified atom stereocenters. The molecule has 0 saturated carbocycles. The van der Waals surface area contributed by atoms with E-state index in [-0.39, 0.29) is 12.5 Å². The lowest BCUT2D eigenvalue weighted by Gasteiger charge is -2.15. The van der Waals surface area contributed by atoms with Gasteiger partial charge in [-0.25, -0.2) is 0 Å². The number of hydrogen-bond donors (Lipinski definition) is 1. The van der Waals surface area contributed by atoms with Crippen molar-refractivity contribution >= 4 is 27.5 Å². The van der Waals surface area contributed by atoms with E-state index >= 15 is 0 Å². The Hall–Kier alpha value is -1.81. The van der Waals surface area contributed by atoms with Crippen molar-refractivity contribution in [2.24, 2.45) is 0 Å². The molecule has 23 heavy (non-hydrogen) atoms. The minimum Gasteiger partial charge on any atom is -0.483 e. The van der Waals surface area contributed by atoms with Gasteiger partial charge in [0.15, 0.2) is 6.61 Å². The van der Waals surface area contributed by atoms with Gasteiger partial charge in [-0.05, 0) is 60.7 Å². The zero-order valence-electron chi connectivity index (χ0n) is 13.9. The molecular formula is C19H22BrNO2. The van der Waals surface area contributed by atoms with Crippen LogP contribution in [0.3, 0.4) is 0 Å². The van der Waals surface area contributed by atoms with E-state index in [4.69, 9.17) is 4.74 Å². The van der Waals surface area contributed by atoms with E-state index in [2.05, 4.69) is 47.2 Å². The zero-order valence-corrected chi connectivity index (χ0v) is 15.5. The van der Waals surface area contributed by atoms with Crippen LogP contribution in [0.25, 0.3) is 0 Å². The molecule has 122 valence electrons. The Bertz CT molecular complexity index is 711. The lowest BCUT2D eigenvalue weighted by atomic mass is 10.0. The number of hydrogen-bond acceptors (Lipinski definition) is 2. The van der Waals surface area contributed by atoms with Crippen molar-refractivity contribution in [2.45, 2.75) is 33.6 Å². The number of aryl methyl sites for hydroxylation is 2. The summed E-state index contributed by atoms with van der Waals surface area (Å²) in [6.07, 6.45) is 0. The number of ether oxygens (including phenoxy) is 1. The van der Waals surface area contributed by atoms with Crippen molar-refractivity contribution in [2.75, 3.05) is 11.9 Å². The highest BCUT2D eigenvalue weighted by Gasteiger charge is 2.11. The molecule has 0 aromatic heterocycles. The summed E-state index contributed by atoms with van der Waals surface area (Å²) in [5, 5.41) is 2.89. The van der Waals surface area contributed by atoms with Crippen LogP contribution < -0.4 is 10.1 Å². The molecule has 3 nitrogen and oxygen atoms in total. The third-order valence-electron chi connectivity index (χ3n) is 3.61. The minimum absolute atomic E-state index is 0.00131. The third-order valence-corrected chi connectivity index (χ3v) is 4.11. The van der Waals surface area contributed by atoms with Crippen LogP contribution in [-0.4, -0.2) is 12.5 Å². The van der Waals surface area contributed by atoms with E-state index < -0.39 is 0 Å². The molecule has 0 atom stereocenters. The Morgan fingerprint density at radius 2 is 1.91 bits per heavy atom. The van der Waals surface area contributed by atoms with Crippen molar-refractivity contribution in [1.29, 1.82) is 0 Å². The molecule has 0 aliphatic heterocycles. The summed E-state index contributed by atoms with van der Waals surface area (Å²) in [7, 11) is 0. The van der Waals surface area contributed by atoms with Gasteiger partial charge in [0.05, 0.1) is 0 Å². The molecule has 2 rings (SSSR count). The Morgan fingerprint density at radius 3 is 2.57 bits per heavy atom. The van der Waals surface area contributed by atoms with E-state index in [1.807, 2.05) is 38.1 Å². The number of halogens is 1. The number of anilines is 1. The SMILES string of the molecule is Cc1ccc(C(C)C)c(OCC(=O)Nc2ccc(Br)cc2C)c1. The second-order valence-electron chi connectivity index (χ2n) is 5.99. The maximum atomic E-state index is 12.1. The van der Waals surface area contributed by atoms with Crippen molar-refractivity contribution < 1.29 is 9.53 Å². The van der Waals surface area contributed by atoms with Crippen LogP contribution >= 0.6 is 15.9 Å². The molecule has 0 radical (unpaired) electrons. The number of amides is 1. The van der Waals surface area contributed by atoms with Gasteiger partial charge in [0, 0.05) is 10.2 Å². The molecule has 1 amide bonds. The Kier molecular flexibility index (Phi) is 5.83. The van der Waals surface area contributed by atoms with Gasteiger partial charge >= 0.3 is 0 Å². The van der Waals surface area contributed by atoms with Crippen molar-refractivity contribution in [1.82, 2.24) is 0 Å². The monoisotopic (exact) mass is 375 g/mol. The van der Waals surface area contributed by atoms with Gasteiger partial charge in [-0.15, -0.1) is 0 Å². The summed E-state index contributed by atoms with van der Waals surface area (Å²) in [4.78, 5) is 12.1. The highest BCUT2D eigenvalue weighted by atomic mass is 79.9. The van der Waals surface area contributed by atoms with Crippen molar-refractivity contribution in [3.05, 3.63) is 57.6 Å². The van der Waals surface area contributed by atoms with E-state index in [9.17, 15) is 4.79 Å². The van der Waals surface area contributed by atoms with E-state index in [1.165, 1.54) is 0 Å². The van der Waals surface area contributed by atoms with Crippen molar-refractivity contribution in [3.63, 3.8) is 0 Å². The molecule has 2 aromatic rings. The molecule has 0 aliphatic rings. The molecule has 0 aliphatic carbocycles. The summed E-state index contributed by atoms with van der Waals surface area (Å²) < 4.78 is 6.75. The maximum Gasteiger partial charge on any atom is 0.262 e. The Balaban J connectivity index is 2.03. The summed E-state index contributed by atoms with van der Waals surface area (Å²) in [5.41, 5.74) is 4.04. The van der Waals surface area contributed by atoms with Gasteiger partial charge in [-0.2, -0.15) is 0 Å². The molecular weight excluding hydrogens is 354 g/mol. The first-order valence-electron chi connectivity index (χ1n) is 7.66. The molecule has 4 heteroatoms. The lowest BCUT2D eigenvalue weighted by Crippen LogP contribution is -2.21. The second kappa shape index (κ2) is 7.64. The molecule has 0 bridgehead atoms. The van der Waals surface area contributed by atoms with Crippen LogP contribution in [0, 0.1) is 13.8 Å². The van der Waals surface area contributed by atoms with Gasteiger partial charge in [-0.1, -0.05) is 41.9 Å². The van der Waals surface area contributed by atoms with E-state index in [1.54, 1.807) is 0 Å². The molecule has 2 aromatic carbocycles. The minimum atomic E-state index is -0.161. The fraction of sp³-hybridized carbons (Fsp3) is 0.316. The normalized spacial score (nSPS) is 10.7. The lowest BCUT2D eigenvalue weighted by molar-refractivity contribution is -0.118.